The molecule has 0 aliphatic heterocycles. The highest BCUT2D eigenvalue weighted by molar-refractivity contribution is 7.14. The first-order chi connectivity index (χ1) is 9.75. The van der Waals surface area contributed by atoms with Crippen molar-refractivity contribution in [3.63, 3.8) is 0 Å². The van der Waals surface area contributed by atoms with E-state index in [4.69, 9.17) is 0 Å². The summed E-state index contributed by atoms with van der Waals surface area (Å²) in [6.45, 7) is 0. The van der Waals surface area contributed by atoms with Gasteiger partial charge in [-0.15, -0.1) is 21.5 Å². The maximum atomic E-state index is 12.0. The Balaban J connectivity index is 1.81. The van der Waals surface area contributed by atoms with Crippen LogP contribution in [0.15, 0.2) is 28.3 Å². The van der Waals surface area contributed by atoms with Crippen molar-refractivity contribution < 1.29 is 9.59 Å². The smallest absolute Gasteiger partial charge is 0.269 e. The summed E-state index contributed by atoms with van der Waals surface area (Å²) < 4.78 is 0. The largest absolute Gasteiger partial charge is 0.290 e. The van der Waals surface area contributed by atoms with Gasteiger partial charge in [-0.3, -0.25) is 9.59 Å². The molecule has 0 aliphatic rings. The summed E-state index contributed by atoms with van der Waals surface area (Å²) in [7, 11) is 0. The van der Waals surface area contributed by atoms with Crippen LogP contribution in [-0.4, -0.2) is 32.2 Å². The quantitative estimate of drug-likeness (QED) is 0.575. The van der Waals surface area contributed by atoms with E-state index < -0.39 is 11.6 Å². The number of rotatable bonds is 5. The van der Waals surface area contributed by atoms with E-state index in [-0.39, 0.29) is 12.2 Å². The van der Waals surface area contributed by atoms with E-state index >= 15 is 0 Å². The van der Waals surface area contributed by atoms with Crippen molar-refractivity contribution in [2.24, 2.45) is 0 Å². The molecule has 0 unspecified atom stereocenters. The zero-order chi connectivity index (χ0) is 13.9. The van der Waals surface area contributed by atoms with Gasteiger partial charge in [-0.2, -0.15) is 16.6 Å². The van der Waals surface area contributed by atoms with E-state index in [1.807, 2.05) is 28.3 Å². The molecule has 1 N–H and O–H groups in total. The Morgan fingerprint density at radius 1 is 1.30 bits per heavy atom. The van der Waals surface area contributed by atoms with E-state index in [1.54, 1.807) is 11.3 Å². The van der Waals surface area contributed by atoms with Crippen molar-refractivity contribution in [3.05, 3.63) is 39.7 Å². The van der Waals surface area contributed by atoms with E-state index in [1.165, 1.54) is 11.3 Å². The van der Waals surface area contributed by atoms with Crippen LogP contribution in [0.4, 0.5) is 0 Å². The number of aromatic nitrogens is 4. The molecule has 8 heteroatoms. The van der Waals surface area contributed by atoms with Crippen LogP contribution in [0.3, 0.4) is 0 Å². The number of hydrogen-bond donors (Lipinski definition) is 1. The van der Waals surface area contributed by atoms with Gasteiger partial charge in [0.25, 0.3) is 5.78 Å². The van der Waals surface area contributed by atoms with Crippen LogP contribution in [0.1, 0.15) is 16.2 Å². The first kappa shape index (κ1) is 12.8. The number of nitrogens with one attached hydrogen (secondary N) is 1. The molecule has 0 bridgehead atoms. The average Bonchev–Trinajstić information content (AvgIpc) is 3.19. The minimum atomic E-state index is -0.720. The molecule has 0 saturated carbocycles. The van der Waals surface area contributed by atoms with Crippen molar-refractivity contribution in [2.45, 2.75) is 6.42 Å². The fourth-order valence-electron chi connectivity index (χ4n) is 1.74. The van der Waals surface area contributed by atoms with Gasteiger partial charge in [0.2, 0.25) is 11.6 Å². The van der Waals surface area contributed by atoms with Gasteiger partial charge in [0.15, 0.2) is 0 Å². The molecule has 0 aromatic carbocycles. The van der Waals surface area contributed by atoms with Crippen molar-refractivity contribution >= 4 is 34.2 Å². The van der Waals surface area contributed by atoms with Gasteiger partial charge in [-0.05, 0) is 33.0 Å². The lowest BCUT2D eigenvalue weighted by atomic mass is 10.0. The Labute approximate surface area is 121 Å². The first-order valence-electron chi connectivity index (χ1n) is 5.65. The highest BCUT2D eigenvalue weighted by Gasteiger charge is 2.22. The molecule has 3 rings (SSSR count). The maximum Gasteiger partial charge on any atom is 0.269 e. The van der Waals surface area contributed by atoms with Crippen LogP contribution in [0.5, 0.6) is 0 Å². The summed E-state index contributed by atoms with van der Waals surface area (Å²) in [5.41, 5.74) is 1.85. The fourth-order valence-corrected chi connectivity index (χ4v) is 3.45. The SMILES string of the molecule is O=C(Cc1cscc1-c1cccs1)C(=O)c1nn[nH]n1. The second-order valence-corrected chi connectivity index (χ2v) is 5.64. The van der Waals surface area contributed by atoms with Gasteiger partial charge in [-0.25, -0.2) is 0 Å². The second-order valence-electron chi connectivity index (χ2n) is 3.95. The van der Waals surface area contributed by atoms with Gasteiger partial charge in [0.1, 0.15) is 0 Å². The molecule has 100 valence electrons. The van der Waals surface area contributed by atoms with Crippen molar-refractivity contribution in [3.8, 4) is 10.4 Å². The minimum absolute atomic E-state index is 0.0457. The molecule has 20 heavy (non-hydrogen) atoms. The number of Topliss-reactive ketones (excluding diaryl/α,β-unsaturated/α-hetero) is 2. The van der Waals surface area contributed by atoms with E-state index in [0.717, 1.165) is 16.0 Å². The number of H-pyrrole nitrogens is 1. The summed E-state index contributed by atoms with van der Waals surface area (Å²) in [6, 6.07) is 3.94. The Morgan fingerprint density at radius 2 is 2.20 bits per heavy atom. The number of carbonyl (C=O) groups is 2. The van der Waals surface area contributed by atoms with Gasteiger partial charge in [0, 0.05) is 16.9 Å². The van der Waals surface area contributed by atoms with Crippen molar-refractivity contribution in [1.82, 2.24) is 20.6 Å². The number of aromatic amines is 1. The van der Waals surface area contributed by atoms with E-state index in [0.29, 0.717) is 0 Å². The minimum Gasteiger partial charge on any atom is -0.290 e. The lowest BCUT2D eigenvalue weighted by Gasteiger charge is -2.00. The van der Waals surface area contributed by atoms with Gasteiger partial charge < -0.3 is 0 Å². The zero-order valence-electron chi connectivity index (χ0n) is 10.1. The molecule has 3 heterocycles. The maximum absolute atomic E-state index is 12.0. The molecular formula is C12H8N4O2S2. The number of nitrogens with zero attached hydrogens (tertiary/aromatic N) is 3. The molecule has 0 radical (unpaired) electrons. The van der Waals surface area contributed by atoms with E-state index in [9.17, 15) is 9.59 Å². The van der Waals surface area contributed by atoms with Gasteiger partial charge in [0.05, 0.1) is 0 Å². The Bertz CT molecular complexity index is 731. The van der Waals surface area contributed by atoms with Crippen LogP contribution in [0.25, 0.3) is 10.4 Å². The van der Waals surface area contributed by atoms with Crippen molar-refractivity contribution in [1.29, 1.82) is 0 Å². The molecule has 3 aromatic heterocycles. The zero-order valence-corrected chi connectivity index (χ0v) is 11.7. The second kappa shape index (κ2) is 5.43. The summed E-state index contributed by atoms with van der Waals surface area (Å²) in [6.07, 6.45) is 0.0457. The molecule has 3 aromatic rings. The molecule has 0 amide bonds. The average molecular weight is 304 g/mol. The number of ketones is 2. The van der Waals surface area contributed by atoms with Crippen LogP contribution in [0.2, 0.25) is 0 Å². The Hall–Kier alpha value is -2.19. The fraction of sp³-hybridized carbons (Fsp3) is 0.0833. The predicted molar refractivity (Wildman–Crippen MR) is 74.9 cm³/mol. The number of thiophene rings is 2. The third-order valence-corrected chi connectivity index (χ3v) is 4.38. The van der Waals surface area contributed by atoms with Gasteiger partial charge >= 0.3 is 0 Å². The number of carbonyl (C=O) groups excluding carboxylic acids is 2. The van der Waals surface area contributed by atoms with Gasteiger partial charge in [-0.1, -0.05) is 6.07 Å². The third-order valence-electron chi connectivity index (χ3n) is 2.68. The van der Waals surface area contributed by atoms with Crippen LogP contribution < -0.4 is 0 Å². The molecule has 6 nitrogen and oxygen atoms in total. The molecular weight excluding hydrogens is 296 g/mol. The standard InChI is InChI=1S/C12H8N4O2S2/c17-9(11(18)12-13-15-16-14-12)4-7-5-19-6-8(7)10-2-1-3-20-10/h1-3,5-6H,4H2,(H,13,14,15,16). The molecule has 0 aliphatic carbocycles. The predicted octanol–water partition coefficient (Wildman–Crippen LogP) is 1.98. The molecule has 0 saturated heterocycles. The molecule has 0 fully saturated rings. The number of tetrazole rings is 1. The first-order valence-corrected chi connectivity index (χ1v) is 7.48. The summed E-state index contributed by atoms with van der Waals surface area (Å²) >= 11 is 3.11. The Kier molecular flexibility index (Phi) is 3.48. The van der Waals surface area contributed by atoms with Crippen LogP contribution in [0, 0.1) is 0 Å². The Morgan fingerprint density at radius 3 is 2.90 bits per heavy atom. The lowest BCUT2D eigenvalue weighted by molar-refractivity contribution is -0.114. The topological polar surface area (TPSA) is 88.6 Å². The normalized spacial score (nSPS) is 10.6. The van der Waals surface area contributed by atoms with Crippen LogP contribution >= 0.6 is 22.7 Å². The monoisotopic (exact) mass is 304 g/mol. The summed E-state index contributed by atoms with van der Waals surface area (Å²) in [5.74, 6) is -1.45. The van der Waals surface area contributed by atoms with E-state index in [2.05, 4.69) is 20.6 Å². The molecule has 0 spiro atoms. The summed E-state index contributed by atoms with van der Waals surface area (Å²) in [4.78, 5) is 24.9. The highest BCUT2D eigenvalue weighted by Crippen LogP contribution is 2.31. The van der Waals surface area contributed by atoms with Crippen LogP contribution in [-0.2, 0) is 11.2 Å². The van der Waals surface area contributed by atoms with Crippen molar-refractivity contribution in [2.75, 3.05) is 0 Å². The highest BCUT2D eigenvalue weighted by atomic mass is 32.1. The lowest BCUT2D eigenvalue weighted by Crippen LogP contribution is -2.18. The molecule has 0 atom stereocenters. The number of hydrogen-bond acceptors (Lipinski definition) is 7. The third kappa shape index (κ3) is 2.43. The summed E-state index contributed by atoms with van der Waals surface area (Å²) in [5, 5.41) is 18.3.